The molecule has 3 N–H and O–H groups in total. The fourth-order valence-electron chi connectivity index (χ4n) is 7.72. The average Bonchev–Trinajstić information content (AvgIpc) is 3.79. The van der Waals surface area contributed by atoms with Crippen molar-refractivity contribution in [2.75, 3.05) is 18.8 Å². The van der Waals surface area contributed by atoms with Gasteiger partial charge in [0.25, 0.3) is 0 Å². The number of benzene rings is 1. The molecular formula is C34H35N9O. The molecule has 1 saturated heterocycles. The Morgan fingerprint density at radius 2 is 1.89 bits per heavy atom. The van der Waals surface area contributed by atoms with Crippen LogP contribution < -0.4 is 11.1 Å². The zero-order valence-electron chi connectivity index (χ0n) is 24.5. The number of amides is 1. The van der Waals surface area contributed by atoms with Gasteiger partial charge in [-0.1, -0.05) is 12.6 Å². The zero-order chi connectivity index (χ0) is 29.8. The van der Waals surface area contributed by atoms with Gasteiger partial charge < -0.3 is 16.0 Å². The molecule has 44 heavy (non-hydrogen) atoms. The summed E-state index contributed by atoms with van der Waals surface area (Å²) in [6.07, 6.45) is 12.3. The second kappa shape index (κ2) is 10.7. The van der Waals surface area contributed by atoms with E-state index in [1.54, 1.807) is 17.1 Å². The van der Waals surface area contributed by atoms with Crippen molar-refractivity contribution in [1.29, 1.82) is 0 Å². The van der Waals surface area contributed by atoms with Gasteiger partial charge in [0, 0.05) is 49.5 Å². The minimum Gasteiger partial charge on any atom is -0.383 e. The number of piperidine rings is 1. The smallest absolute Gasteiger partial charge is 0.245 e. The van der Waals surface area contributed by atoms with Crippen LogP contribution >= 0.6 is 0 Å². The van der Waals surface area contributed by atoms with Gasteiger partial charge in [-0.3, -0.25) is 9.36 Å². The number of carbonyl (C=O) groups is 1. The van der Waals surface area contributed by atoms with Crippen LogP contribution in [0.4, 0.5) is 5.82 Å². The number of pyridine rings is 2. The van der Waals surface area contributed by atoms with Gasteiger partial charge in [0.1, 0.15) is 11.3 Å². The SMILES string of the molecule is C=CC(=O)N1CC2CC(CC(NC3CCc4cc(-n5c(-c6cccnc6N)nc6ccc(-n7cccn7)nc65)ccc43)C2)C1. The number of nitrogens with two attached hydrogens (primary N) is 1. The van der Waals surface area contributed by atoms with Crippen molar-refractivity contribution in [2.24, 2.45) is 11.8 Å². The van der Waals surface area contributed by atoms with Crippen LogP contribution in [0.5, 0.6) is 0 Å². The summed E-state index contributed by atoms with van der Waals surface area (Å²) in [7, 11) is 0. The van der Waals surface area contributed by atoms with Crippen molar-refractivity contribution in [1.82, 2.24) is 39.5 Å². The highest BCUT2D eigenvalue weighted by Crippen LogP contribution is 2.39. The predicted molar refractivity (Wildman–Crippen MR) is 169 cm³/mol. The number of nitrogen functional groups attached to an aromatic ring is 1. The maximum atomic E-state index is 12.2. The lowest BCUT2D eigenvalue weighted by Gasteiger charge is -2.45. The number of nitrogens with zero attached hydrogens (tertiary/aromatic N) is 7. The second-order valence-electron chi connectivity index (χ2n) is 12.4. The lowest BCUT2D eigenvalue weighted by Crippen LogP contribution is -2.50. The summed E-state index contributed by atoms with van der Waals surface area (Å²) >= 11 is 0. The minimum absolute atomic E-state index is 0.0690. The molecule has 5 heterocycles. The van der Waals surface area contributed by atoms with E-state index in [4.69, 9.17) is 15.7 Å². The van der Waals surface area contributed by atoms with Crippen LogP contribution in [0.1, 0.15) is 42.9 Å². The van der Waals surface area contributed by atoms with Crippen molar-refractivity contribution in [3.8, 4) is 22.9 Å². The van der Waals surface area contributed by atoms with Crippen LogP contribution in [-0.2, 0) is 11.2 Å². The van der Waals surface area contributed by atoms with Gasteiger partial charge in [0.2, 0.25) is 5.91 Å². The van der Waals surface area contributed by atoms with E-state index < -0.39 is 0 Å². The molecule has 1 aliphatic heterocycles. The molecule has 2 bridgehead atoms. The van der Waals surface area contributed by atoms with Gasteiger partial charge in [0.05, 0.1) is 5.56 Å². The highest BCUT2D eigenvalue weighted by molar-refractivity contribution is 5.87. The van der Waals surface area contributed by atoms with Gasteiger partial charge >= 0.3 is 0 Å². The third-order valence-electron chi connectivity index (χ3n) is 9.55. The van der Waals surface area contributed by atoms with E-state index in [1.807, 2.05) is 41.4 Å². The van der Waals surface area contributed by atoms with Gasteiger partial charge in [-0.2, -0.15) is 5.10 Å². The summed E-state index contributed by atoms with van der Waals surface area (Å²) in [6, 6.07) is 17.1. The molecule has 10 heteroatoms. The van der Waals surface area contributed by atoms with Crippen LogP contribution in [0.2, 0.25) is 0 Å². The number of imidazole rings is 1. The van der Waals surface area contributed by atoms with Crippen molar-refractivity contribution >= 4 is 22.9 Å². The summed E-state index contributed by atoms with van der Waals surface area (Å²) < 4.78 is 3.84. The summed E-state index contributed by atoms with van der Waals surface area (Å²) in [5.74, 6) is 3.03. The Balaban J connectivity index is 1.11. The molecule has 0 spiro atoms. The number of aryl methyl sites for hydroxylation is 1. The normalized spacial score (nSPS) is 22.7. The molecule has 8 rings (SSSR count). The van der Waals surface area contributed by atoms with Gasteiger partial charge in [-0.15, -0.1) is 0 Å². The Morgan fingerprint density at radius 1 is 1.02 bits per heavy atom. The molecule has 222 valence electrons. The third-order valence-corrected chi connectivity index (χ3v) is 9.55. The molecular weight excluding hydrogens is 550 g/mol. The van der Waals surface area contributed by atoms with Crippen LogP contribution in [0.3, 0.4) is 0 Å². The molecule has 10 nitrogen and oxygen atoms in total. The minimum atomic E-state index is 0.0690. The summed E-state index contributed by atoms with van der Waals surface area (Å²) in [4.78, 5) is 28.6. The highest BCUT2D eigenvalue weighted by atomic mass is 16.2. The van der Waals surface area contributed by atoms with E-state index in [0.717, 1.165) is 61.2 Å². The zero-order valence-corrected chi connectivity index (χ0v) is 24.5. The average molecular weight is 586 g/mol. The first-order chi connectivity index (χ1) is 21.5. The number of anilines is 1. The molecule has 2 fully saturated rings. The van der Waals surface area contributed by atoms with Crippen LogP contribution in [0, 0.1) is 11.8 Å². The topological polar surface area (TPSA) is 120 Å². The third kappa shape index (κ3) is 4.66. The van der Waals surface area contributed by atoms with Gasteiger partial charge in [-0.05, 0) is 104 Å². The number of aromatic nitrogens is 6. The molecule has 1 aromatic carbocycles. The summed E-state index contributed by atoms with van der Waals surface area (Å²) in [6.45, 7) is 5.39. The summed E-state index contributed by atoms with van der Waals surface area (Å²) in [5.41, 5.74) is 12.3. The molecule has 1 amide bonds. The standard InChI is InChI=1S/C34H35N9O/c1-2-31(44)41-19-21-15-22(20-41)17-24(16-21)38-28-9-6-23-18-25(7-8-26(23)28)43-33(27-5-3-12-36-32(27)35)39-29-10-11-30(40-34(29)43)42-14-4-13-37-42/h2-5,7-8,10-14,18,21-22,24,28,38H,1,6,9,15-17,19-20H2,(H2,35,36). The quantitative estimate of drug-likeness (QED) is 0.279. The fraction of sp³-hybridized carbons (Fsp3) is 0.324. The van der Waals surface area contributed by atoms with E-state index in [2.05, 4.69) is 44.7 Å². The molecule has 3 unspecified atom stereocenters. The molecule has 0 radical (unpaired) electrons. The van der Waals surface area contributed by atoms with Crippen LogP contribution in [0.15, 0.2) is 79.8 Å². The first-order valence-corrected chi connectivity index (χ1v) is 15.4. The van der Waals surface area contributed by atoms with E-state index >= 15 is 0 Å². The largest absolute Gasteiger partial charge is 0.383 e. The van der Waals surface area contributed by atoms with E-state index in [-0.39, 0.29) is 5.91 Å². The van der Waals surface area contributed by atoms with Crippen molar-refractivity contribution < 1.29 is 4.79 Å². The Morgan fingerprint density at radius 3 is 2.66 bits per heavy atom. The van der Waals surface area contributed by atoms with E-state index in [9.17, 15) is 4.79 Å². The van der Waals surface area contributed by atoms with Crippen molar-refractivity contribution in [2.45, 2.75) is 44.2 Å². The van der Waals surface area contributed by atoms with E-state index in [0.29, 0.717) is 41.4 Å². The number of fused-ring (bicyclic) bond motifs is 4. The Kier molecular flexibility index (Phi) is 6.52. The fourth-order valence-corrected chi connectivity index (χ4v) is 7.72. The number of hydrogen-bond acceptors (Lipinski definition) is 7. The number of nitrogens with one attached hydrogen (secondary N) is 1. The lowest BCUT2D eigenvalue weighted by atomic mass is 9.75. The van der Waals surface area contributed by atoms with Gasteiger partial charge in [-0.25, -0.2) is 19.6 Å². The molecule has 3 aliphatic rings. The number of hydrogen-bond donors (Lipinski definition) is 2. The van der Waals surface area contributed by atoms with Crippen LogP contribution in [0.25, 0.3) is 34.1 Å². The monoisotopic (exact) mass is 585 g/mol. The summed E-state index contributed by atoms with van der Waals surface area (Å²) in [5, 5.41) is 8.40. The maximum absolute atomic E-state index is 12.2. The number of likely N-dealkylation sites (tertiary alicyclic amines) is 1. The second-order valence-corrected chi connectivity index (χ2v) is 12.4. The number of carbonyl (C=O) groups excluding carboxylic acids is 1. The Labute approximate surface area is 255 Å². The molecule has 1 saturated carbocycles. The molecule has 3 atom stereocenters. The Hall–Kier alpha value is -4.83. The highest BCUT2D eigenvalue weighted by Gasteiger charge is 2.37. The molecule has 5 aromatic rings. The Bertz CT molecular complexity index is 1860. The predicted octanol–water partition coefficient (Wildman–Crippen LogP) is 4.64. The lowest BCUT2D eigenvalue weighted by molar-refractivity contribution is -0.129. The maximum Gasteiger partial charge on any atom is 0.245 e. The molecule has 4 aromatic heterocycles. The molecule has 2 aliphatic carbocycles. The first kappa shape index (κ1) is 26.8. The van der Waals surface area contributed by atoms with Crippen molar-refractivity contribution in [3.05, 3.63) is 90.9 Å². The van der Waals surface area contributed by atoms with Crippen molar-refractivity contribution in [3.63, 3.8) is 0 Å². The van der Waals surface area contributed by atoms with Crippen LogP contribution in [-0.4, -0.2) is 59.2 Å². The first-order valence-electron chi connectivity index (χ1n) is 15.4. The number of rotatable bonds is 6. The van der Waals surface area contributed by atoms with Gasteiger partial charge in [0.15, 0.2) is 17.3 Å². The van der Waals surface area contributed by atoms with E-state index in [1.165, 1.54) is 23.6 Å².